The Hall–Kier alpha value is -1.26. The van der Waals surface area contributed by atoms with E-state index < -0.39 is 0 Å². The molecule has 104 valence electrons. The number of halogens is 1. The van der Waals surface area contributed by atoms with Crippen molar-refractivity contribution in [3.63, 3.8) is 0 Å². The lowest BCUT2D eigenvalue weighted by Gasteiger charge is -2.24. The molecule has 5 heteroatoms. The average molecular weight is 284 g/mol. The van der Waals surface area contributed by atoms with Crippen molar-refractivity contribution in [2.75, 3.05) is 39.3 Å². The van der Waals surface area contributed by atoms with E-state index in [1.54, 1.807) is 12.0 Å². The number of hydrogen-bond acceptors (Lipinski definition) is 3. The van der Waals surface area contributed by atoms with Gasteiger partial charge in [0.2, 0.25) is 5.91 Å². The number of para-hydroxylation sites is 1. The van der Waals surface area contributed by atoms with Gasteiger partial charge in [-0.25, -0.2) is 0 Å². The normalized spacial score (nSPS) is 16.8. The van der Waals surface area contributed by atoms with Crippen LogP contribution in [0.15, 0.2) is 24.3 Å². The van der Waals surface area contributed by atoms with Crippen LogP contribution in [0.2, 0.25) is 0 Å². The Kier molecular flexibility index (Phi) is 5.05. The lowest BCUT2D eigenvalue weighted by atomic mass is 10.00. The van der Waals surface area contributed by atoms with Gasteiger partial charge in [-0.1, -0.05) is 18.2 Å². The van der Waals surface area contributed by atoms with E-state index in [4.69, 9.17) is 21.1 Å². The van der Waals surface area contributed by atoms with Gasteiger partial charge in [0.05, 0.1) is 6.61 Å². The number of amides is 1. The van der Waals surface area contributed by atoms with Crippen molar-refractivity contribution in [1.29, 1.82) is 0 Å². The molecule has 2 rings (SSSR count). The van der Waals surface area contributed by atoms with Crippen molar-refractivity contribution in [2.24, 2.45) is 0 Å². The zero-order valence-electron chi connectivity index (χ0n) is 11.0. The van der Waals surface area contributed by atoms with Crippen molar-refractivity contribution in [3.05, 3.63) is 29.8 Å². The zero-order chi connectivity index (χ0) is 13.7. The van der Waals surface area contributed by atoms with E-state index in [1.165, 1.54) is 0 Å². The summed E-state index contributed by atoms with van der Waals surface area (Å²) < 4.78 is 10.6. The van der Waals surface area contributed by atoms with Gasteiger partial charge >= 0.3 is 0 Å². The molecular weight excluding hydrogens is 266 g/mol. The standard InChI is InChI=1S/C14H18ClNO3/c1-18-9-8-16(7-6-15)14(17)12-10-19-13-5-3-2-4-11(12)13/h2-5,12H,6-10H2,1H3. The van der Waals surface area contributed by atoms with Crippen LogP contribution in [-0.4, -0.2) is 50.1 Å². The minimum absolute atomic E-state index is 0.0580. The van der Waals surface area contributed by atoms with Crippen LogP contribution in [0.3, 0.4) is 0 Å². The number of hydrogen-bond donors (Lipinski definition) is 0. The number of alkyl halides is 1. The van der Waals surface area contributed by atoms with E-state index in [0.29, 0.717) is 32.2 Å². The molecule has 0 bridgehead atoms. The fourth-order valence-corrected chi connectivity index (χ4v) is 2.43. The van der Waals surface area contributed by atoms with E-state index in [0.717, 1.165) is 11.3 Å². The maximum Gasteiger partial charge on any atom is 0.233 e. The van der Waals surface area contributed by atoms with Crippen LogP contribution in [0, 0.1) is 0 Å². The molecule has 0 aliphatic carbocycles. The Bertz CT molecular complexity index is 438. The lowest BCUT2D eigenvalue weighted by molar-refractivity contribution is -0.133. The van der Waals surface area contributed by atoms with Crippen molar-refractivity contribution in [1.82, 2.24) is 4.90 Å². The Morgan fingerprint density at radius 3 is 3.00 bits per heavy atom. The van der Waals surface area contributed by atoms with Crippen LogP contribution in [-0.2, 0) is 9.53 Å². The number of fused-ring (bicyclic) bond motifs is 1. The third-order valence-electron chi connectivity index (χ3n) is 3.23. The van der Waals surface area contributed by atoms with Gasteiger partial charge in [-0.3, -0.25) is 4.79 Å². The predicted molar refractivity (Wildman–Crippen MR) is 73.9 cm³/mol. The Labute approximate surface area is 118 Å². The van der Waals surface area contributed by atoms with Gasteiger partial charge in [-0.2, -0.15) is 0 Å². The highest BCUT2D eigenvalue weighted by Gasteiger charge is 2.32. The van der Waals surface area contributed by atoms with Crippen LogP contribution in [0.1, 0.15) is 11.5 Å². The molecule has 4 nitrogen and oxygen atoms in total. The third kappa shape index (κ3) is 3.19. The monoisotopic (exact) mass is 283 g/mol. The van der Waals surface area contributed by atoms with Gasteiger partial charge in [0.15, 0.2) is 0 Å². The van der Waals surface area contributed by atoms with Crippen LogP contribution in [0.5, 0.6) is 5.75 Å². The quantitative estimate of drug-likeness (QED) is 0.748. The molecule has 0 aromatic heterocycles. The van der Waals surface area contributed by atoms with E-state index in [9.17, 15) is 4.79 Å². The molecule has 1 aromatic rings. The number of nitrogens with zero attached hydrogens (tertiary/aromatic N) is 1. The van der Waals surface area contributed by atoms with Gasteiger partial charge in [0.25, 0.3) is 0 Å². The largest absolute Gasteiger partial charge is 0.492 e. The Morgan fingerprint density at radius 2 is 2.26 bits per heavy atom. The molecule has 0 saturated heterocycles. The molecule has 19 heavy (non-hydrogen) atoms. The maximum atomic E-state index is 12.5. The highest BCUT2D eigenvalue weighted by Crippen LogP contribution is 2.34. The van der Waals surface area contributed by atoms with Gasteiger partial charge in [-0.15, -0.1) is 11.6 Å². The van der Waals surface area contributed by atoms with Crippen molar-refractivity contribution in [3.8, 4) is 5.75 Å². The highest BCUT2D eigenvalue weighted by atomic mass is 35.5. The van der Waals surface area contributed by atoms with Crippen LogP contribution in [0.4, 0.5) is 0 Å². The molecule has 0 fully saturated rings. The summed E-state index contributed by atoms with van der Waals surface area (Å²) in [6, 6.07) is 7.67. The van der Waals surface area contributed by atoms with E-state index in [1.807, 2.05) is 24.3 Å². The molecule has 0 radical (unpaired) electrons. The molecule has 1 unspecified atom stereocenters. The summed E-state index contributed by atoms with van der Waals surface area (Å²) in [4.78, 5) is 14.3. The molecule has 1 amide bonds. The molecular formula is C14H18ClNO3. The first kappa shape index (κ1) is 14.2. The van der Waals surface area contributed by atoms with Gasteiger partial charge in [0, 0.05) is 31.6 Å². The predicted octanol–water partition coefficient (Wildman–Crippen LogP) is 1.88. The Morgan fingerprint density at radius 1 is 1.47 bits per heavy atom. The summed E-state index contributed by atoms with van der Waals surface area (Å²) in [6.07, 6.45) is 0. The molecule has 1 aliphatic heterocycles. The van der Waals surface area contributed by atoms with E-state index in [-0.39, 0.29) is 11.8 Å². The second-order valence-corrected chi connectivity index (χ2v) is 4.79. The molecule has 1 aliphatic rings. The molecule has 0 spiro atoms. The Balaban J connectivity index is 2.10. The maximum absolute atomic E-state index is 12.5. The second-order valence-electron chi connectivity index (χ2n) is 4.41. The number of carbonyl (C=O) groups is 1. The zero-order valence-corrected chi connectivity index (χ0v) is 11.7. The van der Waals surface area contributed by atoms with Gasteiger partial charge in [-0.05, 0) is 6.07 Å². The number of benzene rings is 1. The SMILES string of the molecule is COCCN(CCCl)C(=O)C1COc2ccccc21. The fraction of sp³-hybridized carbons (Fsp3) is 0.500. The first-order valence-corrected chi connectivity index (χ1v) is 6.86. The van der Waals surface area contributed by atoms with Crippen molar-refractivity contribution in [2.45, 2.75) is 5.92 Å². The second kappa shape index (κ2) is 6.78. The van der Waals surface area contributed by atoms with Crippen LogP contribution < -0.4 is 4.74 Å². The first-order chi connectivity index (χ1) is 9.27. The molecule has 0 saturated carbocycles. The van der Waals surface area contributed by atoms with Gasteiger partial charge in [0.1, 0.15) is 18.3 Å². The first-order valence-electron chi connectivity index (χ1n) is 6.33. The number of rotatable bonds is 6. The van der Waals surface area contributed by atoms with E-state index >= 15 is 0 Å². The van der Waals surface area contributed by atoms with Crippen molar-refractivity contribution < 1.29 is 14.3 Å². The lowest BCUT2D eigenvalue weighted by Crippen LogP contribution is -2.39. The molecule has 1 aromatic carbocycles. The number of carbonyl (C=O) groups excluding carboxylic acids is 1. The van der Waals surface area contributed by atoms with Crippen LogP contribution >= 0.6 is 11.6 Å². The summed E-state index contributed by atoms with van der Waals surface area (Å²) in [5.41, 5.74) is 0.962. The van der Waals surface area contributed by atoms with Gasteiger partial charge < -0.3 is 14.4 Å². The summed E-state index contributed by atoms with van der Waals surface area (Å²) >= 11 is 5.76. The third-order valence-corrected chi connectivity index (χ3v) is 3.40. The fourth-order valence-electron chi connectivity index (χ4n) is 2.22. The summed E-state index contributed by atoms with van der Waals surface area (Å²) in [5.74, 6) is 1.06. The average Bonchev–Trinajstić information content (AvgIpc) is 2.86. The number of methoxy groups -OCH3 is 1. The summed E-state index contributed by atoms with van der Waals surface area (Å²) in [5, 5.41) is 0. The van der Waals surface area contributed by atoms with E-state index in [2.05, 4.69) is 0 Å². The summed E-state index contributed by atoms with van der Waals surface area (Å²) in [7, 11) is 1.62. The summed E-state index contributed by atoms with van der Waals surface area (Å²) in [6.45, 7) is 2.00. The van der Waals surface area contributed by atoms with Crippen molar-refractivity contribution >= 4 is 17.5 Å². The minimum Gasteiger partial charge on any atom is -0.492 e. The number of ether oxygens (including phenoxy) is 2. The van der Waals surface area contributed by atoms with Crippen LogP contribution in [0.25, 0.3) is 0 Å². The molecule has 1 heterocycles. The minimum atomic E-state index is -0.226. The highest BCUT2D eigenvalue weighted by molar-refractivity contribution is 6.18. The molecule has 1 atom stereocenters. The molecule has 0 N–H and O–H groups in total. The topological polar surface area (TPSA) is 38.8 Å². The smallest absolute Gasteiger partial charge is 0.233 e.